The van der Waals surface area contributed by atoms with Crippen LogP contribution in [-0.2, 0) is 16.2 Å². The first kappa shape index (κ1) is 12.7. The Bertz CT molecular complexity index is 557. The van der Waals surface area contributed by atoms with Crippen LogP contribution in [0.2, 0.25) is 10.0 Å². The molecule has 1 amide bonds. The number of carbonyl (C=O) groups excluding carboxylic acids is 1. The van der Waals surface area contributed by atoms with Crippen molar-refractivity contribution < 1.29 is 9.63 Å². The molecule has 8 heteroatoms. The number of amidine groups is 1. The zero-order valence-electron chi connectivity index (χ0n) is 8.98. The molecular formula is C10H8Cl2N4O2. The molecule has 2 rings (SSSR count). The number of nitrogens with one attached hydrogen (secondary N) is 1. The number of nitrogens with two attached hydrogens (primary N) is 1. The Morgan fingerprint density at radius 3 is 2.78 bits per heavy atom. The monoisotopic (exact) mass is 286 g/mol. The average molecular weight is 287 g/mol. The van der Waals surface area contributed by atoms with E-state index in [1.807, 2.05) is 0 Å². The molecule has 1 aliphatic rings. The summed E-state index contributed by atoms with van der Waals surface area (Å²) in [6.45, 7) is 0.140. The number of benzene rings is 1. The Morgan fingerprint density at radius 1 is 1.39 bits per heavy atom. The first-order valence-corrected chi connectivity index (χ1v) is 5.61. The summed E-state index contributed by atoms with van der Waals surface area (Å²) in [6.07, 6.45) is 0. The molecule has 1 aliphatic heterocycles. The van der Waals surface area contributed by atoms with Crippen molar-refractivity contribution >= 4 is 40.7 Å². The lowest BCUT2D eigenvalue weighted by molar-refractivity contribution is -0.114. The fourth-order valence-electron chi connectivity index (χ4n) is 1.22. The number of halogens is 2. The van der Waals surface area contributed by atoms with E-state index in [0.29, 0.717) is 10.0 Å². The van der Waals surface area contributed by atoms with Gasteiger partial charge in [-0.1, -0.05) is 34.4 Å². The van der Waals surface area contributed by atoms with Crippen LogP contribution >= 0.6 is 23.2 Å². The molecule has 0 saturated carbocycles. The number of hydrazone groups is 1. The fraction of sp³-hybridized carbons (Fsp3) is 0.100. The average Bonchev–Trinajstić information content (AvgIpc) is 2.65. The highest BCUT2D eigenvalue weighted by Crippen LogP contribution is 2.22. The van der Waals surface area contributed by atoms with E-state index in [4.69, 9.17) is 33.8 Å². The van der Waals surface area contributed by atoms with Gasteiger partial charge in [-0.05, 0) is 17.7 Å². The van der Waals surface area contributed by atoms with Gasteiger partial charge in [0, 0.05) is 0 Å². The molecule has 3 N–H and O–H groups in total. The third-order valence-corrected chi connectivity index (χ3v) is 2.85. The summed E-state index contributed by atoms with van der Waals surface area (Å²) in [5.41, 5.74) is 8.29. The summed E-state index contributed by atoms with van der Waals surface area (Å²) >= 11 is 11.6. The van der Waals surface area contributed by atoms with Crippen LogP contribution in [0.5, 0.6) is 0 Å². The van der Waals surface area contributed by atoms with Gasteiger partial charge in [0.15, 0.2) is 5.84 Å². The second-order valence-corrected chi connectivity index (χ2v) is 4.21. The molecule has 0 fully saturated rings. The van der Waals surface area contributed by atoms with Crippen LogP contribution in [0, 0.1) is 0 Å². The van der Waals surface area contributed by atoms with E-state index >= 15 is 0 Å². The van der Waals surface area contributed by atoms with Gasteiger partial charge in [-0.25, -0.2) is 5.43 Å². The van der Waals surface area contributed by atoms with Crippen LogP contribution in [0.4, 0.5) is 0 Å². The van der Waals surface area contributed by atoms with Crippen LogP contribution in [0.1, 0.15) is 5.56 Å². The van der Waals surface area contributed by atoms with Crippen molar-refractivity contribution in [1.29, 1.82) is 0 Å². The maximum atomic E-state index is 11.2. The Morgan fingerprint density at radius 2 is 2.17 bits per heavy atom. The van der Waals surface area contributed by atoms with Gasteiger partial charge in [0.25, 0.3) is 5.91 Å². The van der Waals surface area contributed by atoms with E-state index in [0.717, 1.165) is 5.56 Å². The first-order valence-electron chi connectivity index (χ1n) is 4.85. The van der Waals surface area contributed by atoms with Crippen LogP contribution in [0.25, 0.3) is 0 Å². The van der Waals surface area contributed by atoms with Gasteiger partial charge in [-0.2, -0.15) is 5.10 Å². The first-order chi connectivity index (χ1) is 8.58. The SMILES string of the molecule is NC1=NNC(=O)C1=NOCc1ccc(Cl)c(Cl)c1. The van der Waals surface area contributed by atoms with Crippen molar-refractivity contribution in [2.75, 3.05) is 0 Å². The quantitative estimate of drug-likeness (QED) is 0.820. The number of oxime groups is 1. The number of carbonyl (C=O) groups is 1. The highest BCUT2D eigenvalue weighted by Gasteiger charge is 2.22. The molecule has 0 unspecified atom stereocenters. The standard InChI is InChI=1S/C10H8Cl2N4O2/c11-6-2-1-5(3-7(6)12)4-18-16-8-9(13)14-15-10(8)17/h1-3H,4H2,(H3,13,14,15,16,17). The van der Waals surface area contributed by atoms with Gasteiger partial charge in [0.05, 0.1) is 10.0 Å². The molecule has 6 nitrogen and oxygen atoms in total. The molecule has 0 radical (unpaired) electrons. The lowest BCUT2D eigenvalue weighted by atomic mass is 10.2. The molecule has 0 spiro atoms. The van der Waals surface area contributed by atoms with Crippen LogP contribution in [0.15, 0.2) is 28.5 Å². The molecular weight excluding hydrogens is 279 g/mol. The molecule has 1 aromatic carbocycles. The van der Waals surface area contributed by atoms with Gasteiger partial charge in [0.1, 0.15) is 6.61 Å². The topological polar surface area (TPSA) is 89.1 Å². The Kier molecular flexibility index (Phi) is 3.69. The number of nitrogens with zero attached hydrogens (tertiary/aromatic N) is 2. The predicted octanol–water partition coefficient (Wildman–Crippen LogP) is 1.27. The minimum Gasteiger partial charge on any atom is -0.390 e. The second kappa shape index (κ2) is 5.24. The predicted molar refractivity (Wildman–Crippen MR) is 68.5 cm³/mol. The maximum Gasteiger partial charge on any atom is 0.297 e. The van der Waals surface area contributed by atoms with Crippen LogP contribution in [0.3, 0.4) is 0 Å². The van der Waals surface area contributed by atoms with Crippen molar-refractivity contribution in [3.8, 4) is 0 Å². The fourth-order valence-corrected chi connectivity index (χ4v) is 1.54. The number of amides is 1. The highest BCUT2D eigenvalue weighted by molar-refractivity contribution is 6.68. The zero-order chi connectivity index (χ0) is 13.1. The minimum absolute atomic E-state index is 0.00543. The number of rotatable bonds is 3. The molecule has 0 aliphatic carbocycles. The Hall–Kier alpha value is -1.79. The molecule has 18 heavy (non-hydrogen) atoms. The van der Waals surface area contributed by atoms with Gasteiger partial charge in [0.2, 0.25) is 5.71 Å². The molecule has 0 saturated heterocycles. The van der Waals surface area contributed by atoms with Gasteiger partial charge >= 0.3 is 0 Å². The normalized spacial score (nSPS) is 16.7. The molecule has 94 valence electrons. The summed E-state index contributed by atoms with van der Waals surface area (Å²) in [5, 5.41) is 7.98. The summed E-state index contributed by atoms with van der Waals surface area (Å²) in [6, 6.07) is 5.03. The Labute approximate surface area is 112 Å². The van der Waals surface area contributed by atoms with Crippen LogP contribution in [-0.4, -0.2) is 17.5 Å². The summed E-state index contributed by atoms with van der Waals surface area (Å²) in [4.78, 5) is 16.2. The summed E-state index contributed by atoms with van der Waals surface area (Å²) < 4.78 is 0. The van der Waals surface area contributed by atoms with Crippen molar-refractivity contribution in [3.63, 3.8) is 0 Å². The molecule has 0 aromatic heterocycles. The lowest BCUT2D eigenvalue weighted by Crippen LogP contribution is -2.27. The summed E-state index contributed by atoms with van der Waals surface area (Å²) in [5.74, 6) is -0.504. The van der Waals surface area contributed by atoms with E-state index in [9.17, 15) is 4.79 Å². The zero-order valence-corrected chi connectivity index (χ0v) is 10.5. The molecule has 1 aromatic rings. The van der Waals surface area contributed by atoms with Crippen molar-refractivity contribution in [1.82, 2.24) is 5.43 Å². The Balaban J connectivity index is 2.00. The molecule has 0 atom stereocenters. The third-order valence-electron chi connectivity index (χ3n) is 2.11. The number of hydrogen-bond acceptors (Lipinski definition) is 5. The van der Waals surface area contributed by atoms with E-state index in [1.165, 1.54) is 0 Å². The molecule has 1 heterocycles. The third kappa shape index (κ3) is 2.72. The van der Waals surface area contributed by atoms with E-state index in [1.54, 1.807) is 18.2 Å². The van der Waals surface area contributed by atoms with Crippen LogP contribution < -0.4 is 11.2 Å². The molecule has 0 bridgehead atoms. The van der Waals surface area contributed by atoms with E-state index in [2.05, 4.69) is 15.7 Å². The highest BCUT2D eigenvalue weighted by atomic mass is 35.5. The summed E-state index contributed by atoms with van der Waals surface area (Å²) in [7, 11) is 0. The largest absolute Gasteiger partial charge is 0.390 e. The second-order valence-electron chi connectivity index (χ2n) is 3.40. The van der Waals surface area contributed by atoms with Crippen molar-refractivity contribution in [2.45, 2.75) is 6.61 Å². The van der Waals surface area contributed by atoms with Gasteiger partial charge in [-0.3, -0.25) is 4.79 Å². The lowest BCUT2D eigenvalue weighted by Gasteiger charge is -2.02. The smallest absolute Gasteiger partial charge is 0.297 e. The number of hydrogen-bond donors (Lipinski definition) is 2. The van der Waals surface area contributed by atoms with Crippen molar-refractivity contribution in [3.05, 3.63) is 33.8 Å². The minimum atomic E-state index is -0.498. The maximum absolute atomic E-state index is 11.2. The van der Waals surface area contributed by atoms with Gasteiger partial charge in [-0.15, -0.1) is 0 Å². The van der Waals surface area contributed by atoms with E-state index < -0.39 is 5.91 Å². The van der Waals surface area contributed by atoms with E-state index in [-0.39, 0.29) is 18.2 Å². The van der Waals surface area contributed by atoms with Gasteiger partial charge < -0.3 is 10.6 Å². The van der Waals surface area contributed by atoms with Crippen molar-refractivity contribution in [2.24, 2.45) is 16.0 Å².